The highest BCUT2D eigenvalue weighted by Gasteiger charge is 2.27. The molecule has 2 heterocycles. The molecule has 6 heteroatoms. The maximum absolute atomic E-state index is 12.4. The Morgan fingerprint density at radius 1 is 1.55 bits per heavy atom. The molecule has 20 heavy (non-hydrogen) atoms. The molecule has 1 aromatic rings. The number of carbonyl (C=O) groups is 1. The molecule has 1 fully saturated rings. The minimum absolute atomic E-state index is 0.0944. The van der Waals surface area contributed by atoms with Gasteiger partial charge in [-0.1, -0.05) is 19.0 Å². The van der Waals surface area contributed by atoms with Crippen LogP contribution in [0.3, 0.4) is 0 Å². The normalized spacial score (nSPS) is 18.7. The molecule has 0 spiro atoms. The van der Waals surface area contributed by atoms with Crippen molar-refractivity contribution in [3.8, 4) is 0 Å². The molecule has 1 amide bonds. The van der Waals surface area contributed by atoms with E-state index in [4.69, 9.17) is 4.52 Å². The van der Waals surface area contributed by atoms with Crippen LogP contribution in [0.1, 0.15) is 38.9 Å². The third-order valence-electron chi connectivity index (χ3n) is 3.53. The first-order valence-corrected chi connectivity index (χ1v) is 7.41. The van der Waals surface area contributed by atoms with Gasteiger partial charge in [0.2, 0.25) is 11.8 Å². The average molecular weight is 280 g/mol. The predicted molar refractivity (Wildman–Crippen MR) is 74.9 cm³/mol. The first kappa shape index (κ1) is 15.0. The lowest BCUT2D eigenvalue weighted by atomic mass is 10.1. The number of hydrogen-bond acceptors (Lipinski definition) is 5. The van der Waals surface area contributed by atoms with Gasteiger partial charge < -0.3 is 14.7 Å². The lowest BCUT2D eigenvalue weighted by molar-refractivity contribution is -0.135. The van der Waals surface area contributed by atoms with E-state index in [0.717, 1.165) is 25.9 Å². The molecule has 1 saturated heterocycles. The van der Waals surface area contributed by atoms with E-state index in [1.165, 1.54) is 0 Å². The summed E-state index contributed by atoms with van der Waals surface area (Å²) < 4.78 is 5.21. The SMILES string of the molecule is CCN(Cc1noc(CC(C)C)n1)C(=O)[C@@H]1CCNC1. The zero-order valence-corrected chi connectivity index (χ0v) is 12.6. The molecule has 1 aromatic heterocycles. The lowest BCUT2D eigenvalue weighted by Crippen LogP contribution is -2.36. The van der Waals surface area contributed by atoms with E-state index >= 15 is 0 Å². The molecule has 0 aromatic carbocycles. The molecule has 6 nitrogen and oxygen atoms in total. The number of nitrogens with zero attached hydrogens (tertiary/aromatic N) is 3. The van der Waals surface area contributed by atoms with E-state index in [2.05, 4.69) is 29.3 Å². The molecule has 0 bridgehead atoms. The van der Waals surface area contributed by atoms with Crippen LogP contribution in [0.5, 0.6) is 0 Å². The Morgan fingerprint density at radius 3 is 2.95 bits per heavy atom. The minimum Gasteiger partial charge on any atom is -0.339 e. The van der Waals surface area contributed by atoms with Gasteiger partial charge in [-0.3, -0.25) is 4.79 Å². The van der Waals surface area contributed by atoms with Gasteiger partial charge >= 0.3 is 0 Å². The van der Waals surface area contributed by atoms with Crippen molar-refractivity contribution in [2.45, 2.75) is 40.2 Å². The van der Waals surface area contributed by atoms with Gasteiger partial charge in [0.15, 0.2) is 5.82 Å². The number of amides is 1. The van der Waals surface area contributed by atoms with E-state index in [-0.39, 0.29) is 11.8 Å². The maximum atomic E-state index is 12.4. The second-order valence-electron chi connectivity index (χ2n) is 5.74. The standard InChI is InChI=1S/C14H24N4O2/c1-4-18(14(19)11-5-6-15-8-11)9-12-16-13(20-17-12)7-10(2)3/h10-11,15H,4-9H2,1-3H3/t11-/m1/s1. The maximum Gasteiger partial charge on any atom is 0.227 e. The smallest absolute Gasteiger partial charge is 0.227 e. The summed E-state index contributed by atoms with van der Waals surface area (Å²) in [5.41, 5.74) is 0. The molecule has 1 aliphatic rings. The summed E-state index contributed by atoms with van der Waals surface area (Å²) in [6, 6.07) is 0. The number of aromatic nitrogens is 2. The molecule has 0 radical (unpaired) electrons. The van der Waals surface area contributed by atoms with E-state index in [9.17, 15) is 4.79 Å². The van der Waals surface area contributed by atoms with Crippen LogP contribution in [0.2, 0.25) is 0 Å². The quantitative estimate of drug-likeness (QED) is 0.848. The number of nitrogens with one attached hydrogen (secondary N) is 1. The summed E-state index contributed by atoms with van der Waals surface area (Å²) in [6.45, 7) is 9.01. The molecule has 0 unspecified atom stereocenters. The molecule has 2 rings (SSSR count). The Morgan fingerprint density at radius 2 is 2.35 bits per heavy atom. The summed E-state index contributed by atoms with van der Waals surface area (Å²) in [7, 11) is 0. The van der Waals surface area contributed by atoms with Crippen molar-refractivity contribution in [2.75, 3.05) is 19.6 Å². The molecule has 0 aliphatic carbocycles. The third-order valence-corrected chi connectivity index (χ3v) is 3.53. The predicted octanol–water partition coefficient (Wildman–Crippen LogP) is 1.23. The number of rotatable bonds is 6. The Bertz CT molecular complexity index is 438. The molecule has 0 saturated carbocycles. The Labute approximate surface area is 119 Å². The van der Waals surface area contributed by atoms with Crippen LogP contribution in [0.15, 0.2) is 4.52 Å². The fourth-order valence-corrected chi connectivity index (χ4v) is 2.43. The second-order valence-corrected chi connectivity index (χ2v) is 5.74. The first-order chi connectivity index (χ1) is 9.60. The molecule has 112 valence electrons. The zero-order chi connectivity index (χ0) is 14.5. The van der Waals surface area contributed by atoms with Crippen LogP contribution >= 0.6 is 0 Å². The molecule has 1 atom stereocenters. The van der Waals surface area contributed by atoms with Crippen molar-refractivity contribution >= 4 is 5.91 Å². The van der Waals surface area contributed by atoms with Crippen molar-refractivity contribution in [2.24, 2.45) is 11.8 Å². The number of carbonyl (C=O) groups excluding carboxylic acids is 1. The van der Waals surface area contributed by atoms with Gasteiger partial charge in [0.1, 0.15) is 0 Å². The van der Waals surface area contributed by atoms with Gasteiger partial charge in [0, 0.05) is 19.5 Å². The van der Waals surface area contributed by atoms with Gasteiger partial charge in [-0.05, 0) is 25.8 Å². The van der Waals surface area contributed by atoms with Crippen LogP contribution in [0.25, 0.3) is 0 Å². The summed E-state index contributed by atoms with van der Waals surface area (Å²) >= 11 is 0. The van der Waals surface area contributed by atoms with Crippen molar-refractivity contribution in [1.29, 1.82) is 0 Å². The first-order valence-electron chi connectivity index (χ1n) is 7.41. The van der Waals surface area contributed by atoms with E-state index in [1.807, 2.05) is 11.8 Å². The highest BCUT2D eigenvalue weighted by atomic mass is 16.5. The largest absolute Gasteiger partial charge is 0.339 e. The van der Waals surface area contributed by atoms with Crippen LogP contribution in [0, 0.1) is 11.8 Å². The molecular formula is C14H24N4O2. The Balaban J connectivity index is 1.95. The highest BCUT2D eigenvalue weighted by Crippen LogP contribution is 2.14. The topological polar surface area (TPSA) is 71.3 Å². The van der Waals surface area contributed by atoms with Crippen LogP contribution in [-0.2, 0) is 17.8 Å². The fourth-order valence-electron chi connectivity index (χ4n) is 2.43. The Hall–Kier alpha value is -1.43. The van der Waals surface area contributed by atoms with Crippen molar-refractivity contribution in [3.63, 3.8) is 0 Å². The number of hydrogen-bond donors (Lipinski definition) is 1. The van der Waals surface area contributed by atoms with E-state index < -0.39 is 0 Å². The van der Waals surface area contributed by atoms with Gasteiger partial charge in [-0.2, -0.15) is 4.98 Å². The van der Waals surface area contributed by atoms with E-state index in [0.29, 0.717) is 30.7 Å². The summed E-state index contributed by atoms with van der Waals surface area (Å²) in [4.78, 5) is 18.5. The van der Waals surface area contributed by atoms with Crippen LogP contribution in [0.4, 0.5) is 0 Å². The van der Waals surface area contributed by atoms with Crippen molar-refractivity contribution < 1.29 is 9.32 Å². The average Bonchev–Trinajstić information content (AvgIpc) is 3.05. The third kappa shape index (κ3) is 3.79. The van der Waals surface area contributed by atoms with E-state index in [1.54, 1.807) is 0 Å². The fraction of sp³-hybridized carbons (Fsp3) is 0.786. The summed E-state index contributed by atoms with van der Waals surface area (Å²) in [6.07, 6.45) is 1.69. The lowest BCUT2D eigenvalue weighted by Gasteiger charge is -2.22. The summed E-state index contributed by atoms with van der Waals surface area (Å²) in [5.74, 6) is 2.02. The second kappa shape index (κ2) is 6.83. The van der Waals surface area contributed by atoms with Crippen molar-refractivity contribution in [3.05, 3.63) is 11.7 Å². The molecule has 1 aliphatic heterocycles. The van der Waals surface area contributed by atoms with Gasteiger partial charge in [-0.15, -0.1) is 0 Å². The summed E-state index contributed by atoms with van der Waals surface area (Å²) in [5, 5.41) is 7.19. The minimum atomic E-state index is 0.0944. The van der Waals surface area contributed by atoms with Crippen LogP contribution in [-0.4, -0.2) is 40.6 Å². The van der Waals surface area contributed by atoms with Gasteiger partial charge in [0.05, 0.1) is 12.5 Å². The van der Waals surface area contributed by atoms with Gasteiger partial charge in [0.25, 0.3) is 0 Å². The monoisotopic (exact) mass is 280 g/mol. The van der Waals surface area contributed by atoms with Crippen LogP contribution < -0.4 is 5.32 Å². The zero-order valence-electron chi connectivity index (χ0n) is 12.6. The Kier molecular flexibility index (Phi) is 5.11. The molecule has 1 N–H and O–H groups in total. The highest BCUT2D eigenvalue weighted by molar-refractivity contribution is 5.79. The van der Waals surface area contributed by atoms with Gasteiger partial charge in [-0.25, -0.2) is 0 Å². The molecular weight excluding hydrogens is 256 g/mol. The van der Waals surface area contributed by atoms with Crippen molar-refractivity contribution in [1.82, 2.24) is 20.4 Å².